The molecule has 1 N–H and O–H groups in total. The minimum atomic E-state index is -0.636. The molecule has 3 aromatic rings. The molecule has 5 fully saturated rings. The summed E-state index contributed by atoms with van der Waals surface area (Å²) in [5, 5.41) is 2.99. The van der Waals surface area contributed by atoms with Gasteiger partial charge < -0.3 is 34.2 Å². The second kappa shape index (κ2) is 18.5. The molecule has 1 aromatic carbocycles. The van der Waals surface area contributed by atoms with Gasteiger partial charge >= 0.3 is 6.09 Å². The molecule has 4 saturated heterocycles. The maximum absolute atomic E-state index is 13.7. The maximum Gasteiger partial charge on any atom is 0.408 e. The Morgan fingerprint density at radius 2 is 1.59 bits per heavy atom. The van der Waals surface area contributed by atoms with Crippen LogP contribution in [0, 0.1) is 12.8 Å². The number of hydrogen-bond donors (Lipinski definition) is 1. The van der Waals surface area contributed by atoms with Gasteiger partial charge in [-0.25, -0.2) is 14.8 Å². The lowest BCUT2D eigenvalue weighted by Gasteiger charge is -2.42. The Hall–Kier alpha value is -3.78. The summed E-state index contributed by atoms with van der Waals surface area (Å²) in [6, 6.07) is 13.1. The Balaban J connectivity index is 0.744. The lowest BCUT2D eigenvalue weighted by molar-refractivity contribution is -0.133. The van der Waals surface area contributed by atoms with Crippen molar-refractivity contribution in [3.63, 3.8) is 0 Å². The van der Waals surface area contributed by atoms with Gasteiger partial charge in [-0.1, -0.05) is 31.2 Å². The van der Waals surface area contributed by atoms with E-state index in [2.05, 4.69) is 49.0 Å². The van der Waals surface area contributed by atoms with E-state index in [4.69, 9.17) is 14.2 Å². The number of thiazole rings is 1. The Morgan fingerprint density at radius 1 is 0.881 bits per heavy atom. The largest absolute Gasteiger partial charge is 0.474 e. The summed E-state index contributed by atoms with van der Waals surface area (Å²) in [5.41, 5.74) is 5.42. The van der Waals surface area contributed by atoms with Crippen molar-refractivity contribution < 1.29 is 23.8 Å². The minimum absolute atomic E-state index is 0.0611. The van der Waals surface area contributed by atoms with Gasteiger partial charge in [0, 0.05) is 88.7 Å². The molecule has 12 nitrogen and oxygen atoms in total. The standard InChI is InChI=1S/C46H65N7O5S/c1-6-50-28-36-11-12-37(29-50)53(36)35-13-18-47-42(23-35)57-40-24-39(25-40)56-38-16-19-51(20-17-38)27-32-14-21-52(22-15-32)43(54)26-41(49-45(55)58-46(3,4)5)33-7-9-34(10-8-33)44-31(2)48-30-59-44/h7-10,13,18,23,30,32,36-41H,6,11-12,14-17,19-22,24-29H2,1-5H3,(H,49,55)/t36?,37?,39?,40?,41-/m0/s1. The fourth-order valence-electron chi connectivity index (χ4n) is 9.87. The zero-order chi connectivity index (χ0) is 41.1. The first kappa shape index (κ1) is 41.9. The highest BCUT2D eigenvalue weighted by Crippen LogP contribution is 2.37. The Labute approximate surface area is 355 Å². The van der Waals surface area contributed by atoms with E-state index in [0.717, 1.165) is 118 Å². The van der Waals surface area contributed by atoms with E-state index in [1.807, 2.05) is 68.6 Å². The number of likely N-dealkylation sites (N-methyl/N-ethyl adjacent to an activating group) is 1. The zero-order valence-electron chi connectivity index (χ0n) is 35.8. The number of benzene rings is 1. The van der Waals surface area contributed by atoms with Crippen molar-refractivity contribution in [3.8, 4) is 16.3 Å². The van der Waals surface area contributed by atoms with E-state index in [1.165, 1.54) is 18.5 Å². The predicted molar refractivity (Wildman–Crippen MR) is 232 cm³/mol. The van der Waals surface area contributed by atoms with Gasteiger partial charge in [-0.15, -0.1) is 11.3 Å². The van der Waals surface area contributed by atoms with E-state index in [0.29, 0.717) is 24.1 Å². The van der Waals surface area contributed by atoms with Crippen molar-refractivity contribution in [2.24, 2.45) is 5.92 Å². The fourth-order valence-corrected chi connectivity index (χ4v) is 10.7. The van der Waals surface area contributed by atoms with Crippen LogP contribution in [0.4, 0.5) is 10.5 Å². The molecule has 1 aliphatic carbocycles. The molecule has 6 heterocycles. The number of piperidine rings is 2. The SMILES string of the molecule is CCN1CC2CCC(C1)N2c1ccnc(OC2CC(OC3CCN(CC4CCN(C(=O)C[C@H](NC(=O)OC(C)(C)C)c5ccc(-c6scnc6C)cc5)CC4)CC3)C2)c1. The second-order valence-electron chi connectivity index (χ2n) is 18.6. The monoisotopic (exact) mass is 827 g/mol. The van der Waals surface area contributed by atoms with E-state index in [9.17, 15) is 9.59 Å². The molecule has 5 aliphatic rings. The number of anilines is 1. The minimum Gasteiger partial charge on any atom is -0.474 e. The molecular weight excluding hydrogens is 763 g/mol. The predicted octanol–water partition coefficient (Wildman–Crippen LogP) is 7.47. The normalized spacial score (nSPS) is 25.1. The molecule has 13 heteroatoms. The summed E-state index contributed by atoms with van der Waals surface area (Å²) >= 11 is 1.61. The molecule has 8 rings (SSSR count). The number of likely N-dealkylation sites (tertiary alicyclic amines) is 3. The number of pyridine rings is 1. The van der Waals surface area contributed by atoms with Crippen LogP contribution in [0.15, 0.2) is 48.1 Å². The van der Waals surface area contributed by atoms with Gasteiger partial charge in [0.25, 0.3) is 0 Å². The van der Waals surface area contributed by atoms with Crippen LogP contribution in [-0.4, -0.2) is 125 Å². The number of nitrogens with zero attached hydrogens (tertiary/aromatic N) is 6. The number of hydrogen-bond acceptors (Lipinski definition) is 11. The molecular formula is C46H65N7O5S. The Morgan fingerprint density at radius 3 is 2.24 bits per heavy atom. The summed E-state index contributed by atoms with van der Waals surface area (Å²) < 4.78 is 18.5. The number of aryl methyl sites for hydroxylation is 1. The highest BCUT2D eigenvalue weighted by Gasteiger charge is 2.40. The topological polar surface area (TPSA) is 113 Å². The van der Waals surface area contributed by atoms with E-state index >= 15 is 0 Å². The highest BCUT2D eigenvalue weighted by atomic mass is 32.1. The highest BCUT2D eigenvalue weighted by molar-refractivity contribution is 7.13. The number of carbonyl (C=O) groups excluding carboxylic acids is 2. The van der Waals surface area contributed by atoms with Crippen LogP contribution in [-0.2, 0) is 14.3 Å². The number of piperazine rings is 1. The first-order valence-electron chi connectivity index (χ1n) is 22.2. The molecule has 1 saturated carbocycles. The summed E-state index contributed by atoms with van der Waals surface area (Å²) in [5.74, 6) is 1.38. The number of aromatic nitrogens is 2. The molecule has 320 valence electrons. The average Bonchev–Trinajstić information content (AvgIpc) is 3.75. The molecule has 3 atom stereocenters. The summed E-state index contributed by atoms with van der Waals surface area (Å²) in [7, 11) is 0. The molecule has 59 heavy (non-hydrogen) atoms. The van der Waals surface area contributed by atoms with Crippen molar-refractivity contribution in [1.29, 1.82) is 0 Å². The van der Waals surface area contributed by atoms with Gasteiger partial charge in [0.05, 0.1) is 40.8 Å². The van der Waals surface area contributed by atoms with Crippen LogP contribution in [0.2, 0.25) is 0 Å². The molecule has 4 aliphatic heterocycles. The van der Waals surface area contributed by atoms with Crippen LogP contribution >= 0.6 is 11.3 Å². The van der Waals surface area contributed by atoms with E-state index in [-0.39, 0.29) is 24.5 Å². The fraction of sp³-hybridized carbons (Fsp3) is 0.652. The first-order valence-corrected chi connectivity index (χ1v) is 23.1. The van der Waals surface area contributed by atoms with E-state index < -0.39 is 17.7 Å². The van der Waals surface area contributed by atoms with Crippen LogP contribution in [0.3, 0.4) is 0 Å². The third kappa shape index (κ3) is 10.6. The molecule has 2 unspecified atom stereocenters. The van der Waals surface area contributed by atoms with Gasteiger partial charge in [0.15, 0.2) is 0 Å². The number of amides is 2. The lowest BCUT2D eigenvalue weighted by atomic mass is 9.91. The molecule has 2 bridgehead atoms. The molecule has 2 amide bonds. The number of carbonyl (C=O) groups is 2. The van der Waals surface area contributed by atoms with Crippen LogP contribution in [0.25, 0.3) is 10.4 Å². The quantitative estimate of drug-likeness (QED) is 0.186. The first-order chi connectivity index (χ1) is 28.5. The van der Waals surface area contributed by atoms with Gasteiger partial charge in [0.2, 0.25) is 11.8 Å². The second-order valence-corrected chi connectivity index (χ2v) is 19.4. The van der Waals surface area contributed by atoms with Crippen molar-refractivity contribution >= 4 is 29.0 Å². The van der Waals surface area contributed by atoms with Crippen molar-refractivity contribution in [1.82, 2.24) is 30.0 Å². The molecule has 0 spiro atoms. The van der Waals surface area contributed by atoms with Gasteiger partial charge in [-0.05, 0) is 95.9 Å². The number of rotatable bonds is 13. The smallest absolute Gasteiger partial charge is 0.408 e. The molecule has 2 aromatic heterocycles. The zero-order valence-corrected chi connectivity index (χ0v) is 36.6. The van der Waals surface area contributed by atoms with Gasteiger partial charge in [0.1, 0.15) is 11.7 Å². The van der Waals surface area contributed by atoms with Crippen LogP contribution in [0.5, 0.6) is 5.88 Å². The van der Waals surface area contributed by atoms with Crippen LogP contribution < -0.4 is 15.0 Å². The van der Waals surface area contributed by atoms with Crippen LogP contribution in [0.1, 0.15) is 103 Å². The summed E-state index contributed by atoms with van der Waals surface area (Å²) in [6.45, 7) is 17.9. The molecule has 0 radical (unpaired) electrons. The average molecular weight is 828 g/mol. The third-order valence-electron chi connectivity index (χ3n) is 13.2. The summed E-state index contributed by atoms with van der Waals surface area (Å²) in [4.78, 5) is 46.5. The lowest BCUT2D eigenvalue weighted by Crippen LogP contribution is -2.53. The Kier molecular flexibility index (Phi) is 13.1. The number of alkyl carbamates (subject to hydrolysis) is 1. The van der Waals surface area contributed by atoms with Crippen molar-refractivity contribution in [2.45, 2.75) is 134 Å². The summed E-state index contributed by atoms with van der Waals surface area (Å²) in [6.07, 6.45) is 10.9. The number of fused-ring (bicyclic) bond motifs is 2. The van der Waals surface area contributed by atoms with Gasteiger partial charge in [-0.2, -0.15) is 0 Å². The van der Waals surface area contributed by atoms with Crippen molar-refractivity contribution in [3.05, 3.63) is 59.4 Å². The number of nitrogens with one attached hydrogen (secondary N) is 1. The number of ether oxygens (including phenoxy) is 3. The third-order valence-corrected chi connectivity index (χ3v) is 14.1. The van der Waals surface area contributed by atoms with Gasteiger partial charge in [-0.3, -0.25) is 9.69 Å². The Bertz CT molecular complexity index is 1850. The van der Waals surface area contributed by atoms with E-state index in [1.54, 1.807) is 11.3 Å². The maximum atomic E-state index is 13.7. The van der Waals surface area contributed by atoms with Crippen molar-refractivity contribution in [2.75, 3.05) is 57.3 Å².